The second-order valence-electron chi connectivity index (χ2n) is 3.03. The van der Waals surface area contributed by atoms with Crippen LogP contribution in [0.3, 0.4) is 0 Å². The summed E-state index contributed by atoms with van der Waals surface area (Å²) in [6.07, 6.45) is -0.654. The maximum atomic E-state index is 13.2. The fraction of sp³-hybridized carbons (Fsp3) is 0.400. The predicted molar refractivity (Wildman–Crippen MR) is 48.3 cm³/mol. The van der Waals surface area contributed by atoms with E-state index < -0.39 is 11.9 Å². The van der Waals surface area contributed by atoms with E-state index in [2.05, 4.69) is 0 Å². The Hall–Kier alpha value is -1.09. The van der Waals surface area contributed by atoms with Gasteiger partial charge in [0.25, 0.3) is 0 Å². The Morgan fingerprint density at radius 3 is 2.46 bits per heavy atom. The van der Waals surface area contributed by atoms with Crippen molar-refractivity contribution < 1.29 is 14.2 Å². The molecule has 0 aliphatic heterocycles. The molecular formula is C10H13FO2. The van der Waals surface area contributed by atoms with E-state index in [0.29, 0.717) is 11.1 Å². The quantitative estimate of drug-likeness (QED) is 0.763. The molecule has 1 aromatic rings. The van der Waals surface area contributed by atoms with Crippen LogP contribution in [0, 0.1) is 12.7 Å². The van der Waals surface area contributed by atoms with Crippen molar-refractivity contribution in [1.82, 2.24) is 0 Å². The smallest absolute Gasteiger partial charge is 0.165 e. The highest BCUT2D eigenvalue weighted by atomic mass is 19.1. The van der Waals surface area contributed by atoms with Crippen LogP contribution in [0.4, 0.5) is 4.39 Å². The number of hydrogen-bond acceptors (Lipinski definition) is 2. The molecule has 0 aromatic heterocycles. The van der Waals surface area contributed by atoms with Crippen LogP contribution in [0.5, 0.6) is 5.75 Å². The number of aliphatic hydroxyl groups is 1. The molecule has 0 spiro atoms. The second-order valence-corrected chi connectivity index (χ2v) is 3.03. The summed E-state index contributed by atoms with van der Waals surface area (Å²) in [7, 11) is 1.42. The van der Waals surface area contributed by atoms with E-state index in [1.54, 1.807) is 19.9 Å². The number of benzene rings is 1. The van der Waals surface area contributed by atoms with Crippen LogP contribution in [0.25, 0.3) is 0 Å². The van der Waals surface area contributed by atoms with Crippen molar-refractivity contribution in [2.75, 3.05) is 7.11 Å². The molecule has 0 aliphatic carbocycles. The summed E-state index contributed by atoms with van der Waals surface area (Å²) < 4.78 is 18.1. The lowest BCUT2D eigenvalue weighted by molar-refractivity contribution is 0.198. The van der Waals surface area contributed by atoms with Gasteiger partial charge >= 0.3 is 0 Å². The first-order valence-corrected chi connectivity index (χ1v) is 4.08. The first-order valence-electron chi connectivity index (χ1n) is 4.08. The third-order valence-corrected chi connectivity index (χ3v) is 1.94. The van der Waals surface area contributed by atoms with Crippen LogP contribution < -0.4 is 4.74 Å². The average molecular weight is 184 g/mol. The lowest BCUT2D eigenvalue weighted by Crippen LogP contribution is -1.97. The van der Waals surface area contributed by atoms with E-state index in [-0.39, 0.29) is 5.75 Å². The van der Waals surface area contributed by atoms with E-state index in [9.17, 15) is 9.50 Å². The van der Waals surface area contributed by atoms with Crippen molar-refractivity contribution in [1.29, 1.82) is 0 Å². The van der Waals surface area contributed by atoms with Gasteiger partial charge in [-0.25, -0.2) is 4.39 Å². The molecule has 0 bridgehead atoms. The summed E-state index contributed by atoms with van der Waals surface area (Å²) in [5.41, 5.74) is 1.26. The van der Waals surface area contributed by atoms with E-state index in [1.165, 1.54) is 13.2 Å². The maximum Gasteiger partial charge on any atom is 0.165 e. The van der Waals surface area contributed by atoms with Crippen LogP contribution in [0.1, 0.15) is 24.2 Å². The van der Waals surface area contributed by atoms with Gasteiger partial charge in [-0.15, -0.1) is 0 Å². The summed E-state index contributed by atoms with van der Waals surface area (Å²) in [5.74, 6) is -0.192. The number of rotatable bonds is 2. The van der Waals surface area contributed by atoms with E-state index in [4.69, 9.17) is 4.74 Å². The van der Waals surface area contributed by atoms with Gasteiger partial charge in [0.2, 0.25) is 0 Å². The fourth-order valence-electron chi connectivity index (χ4n) is 1.26. The number of halogens is 1. The molecule has 0 aliphatic rings. The van der Waals surface area contributed by atoms with Crippen molar-refractivity contribution in [2.45, 2.75) is 20.0 Å². The summed E-state index contributed by atoms with van der Waals surface area (Å²) in [5, 5.41) is 9.23. The average Bonchev–Trinajstić information content (AvgIpc) is 2.03. The van der Waals surface area contributed by atoms with Gasteiger partial charge in [0.05, 0.1) is 13.2 Å². The summed E-state index contributed by atoms with van der Waals surface area (Å²) in [6, 6.07) is 3.00. The van der Waals surface area contributed by atoms with Gasteiger partial charge in [-0.3, -0.25) is 0 Å². The Labute approximate surface area is 77.0 Å². The molecule has 0 heterocycles. The maximum absolute atomic E-state index is 13.2. The molecule has 72 valence electrons. The van der Waals surface area contributed by atoms with Crippen molar-refractivity contribution in [3.05, 3.63) is 29.1 Å². The Morgan fingerprint density at radius 2 is 2.08 bits per heavy atom. The standard InChI is InChI=1S/C10H13FO2/c1-6-4-8(7(2)12)5-9(11)10(6)13-3/h4-5,7,12H,1-3H3. The zero-order valence-electron chi connectivity index (χ0n) is 7.97. The minimum absolute atomic E-state index is 0.240. The third kappa shape index (κ3) is 1.98. The van der Waals surface area contributed by atoms with Crippen LogP contribution >= 0.6 is 0 Å². The molecule has 0 amide bonds. The Balaban J connectivity index is 3.20. The minimum Gasteiger partial charge on any atom is -0.493 e. The highest BCUT2D eigenvalue weighted by Crippen LogP contribution is 2.26. The van der Waals surface area contributed by atoms with Gasteiger partial charge < -0.3 is 9.84 Å². The molecule has 1 N–H and O–H groups in total. The zero-order valence-corrected chi connectivity index (χ0v) is 7.97. The van der Waals surface area contributed by atoms with Crippen molar-refractivity contribution >= 4 is 0 Å². The van der Waals surface area contributed by atoms with Crippen LogP contribution in [0.2, 0.25) is 0 Å². The predicted octanol–water partition coefficient (Wildman–Crippen LogP) is 2.20. The molecule has 3 heteroatoms. The van der Waals surface area contributed by atoms with Gasteiger partial charge in [-0.2, -0.15) is 0 Å². The van der Waals surface area contributed by atoms with Crippen molar-refractivity contribution in [2.24, 2.45) is 0 Å². The van der Waals surface area contributed by atoms with E-state index in [1.807, 2.05) is 0 Å². The molecule has 0 fully saturated rings. The first kappa shape index (κ1) is 9.99. The lowest BCUT2D eigenvalue weighted by Gasteiger charge is -2.10. The lowest BCUT2D eigenvalue weighted by atomic mass is 10.1. The number of aryl methyl sites for hydroxylation is 1. The largest absolute Gasteiger partial charge is 0.493 e. The van der Waals surface area contributed by atoms with E-state index in [0.717, 1.165) is 0 Å². The van der Waals surface area contributed by atoms with Crippen LogP contribution in [-0.4, -0.2) is 12.2 Å². The molecule has 0 radical (unpaired) electrons. The summed E-state index contributed by atoms with van der Waals surface area (Å²) in [6.45, 7) is 3.34. The number of ether oxygens (including phenoxy) is 1. The molecule has 1 unspecified atom stereocenters. The third-order valence-electron chi connectivity index (χ3n) is 1.94. The summed E-state index contributed by atoms with van der Waals surface area (Å²) >= 11 is 0. The zero-order chi connectivity index (χ0) is 10.0. The fourth-order valence-corrected chi connectivity index (χ4v) is 1.26. The Kier molecular flexibility index (Phi) is 2.88. The van der Waals surface area contributed by atoms with Crippen LogP contribution in [-0.2, 0) is 0 Å². The molecular weight excluding hydrogens is 171 g/mol. The molecule has 13 heavy (non-hydrogen) atoms. The molecule has 2 nitrogen and oxygen atoms in total. The molecule has 0 saturated heterocycles. The van der Waals surface area contributed by atoms with E-state index >= 15 is 0 Å². The van der Waals surface area contributed by atoms with Crippen molar-refractivity contribution in [3.63, 3.8) is 0 Å². The van der Waals surface area contributed by atoms with Gasteiger partial charge in [0.15, 0.2) is 11.6 Å². The second kappa shape index (κ2) is 3.75. The normalized spacial score (nSPS) is 12.7. The number of hydrogen-bond donors (Lipinski definition) is 1. The number of methoxy groups -OCH3 is 1. The Morgan fingerprint density at radius 1 is 1.46 bits per heavy atom. The Bertz CT molecular complexity index is 285. The highest BCUT2D eigenvalue weighted by molar-refractivity contribution is 5.38. The first-order chi connectivity index (χ1) is 6.06. The molecule has 1 atom stereocenters. The van der Waals surface area contributed by atoms with Gasteiger partial charge in [0.1, 0.15) is 0 Å². The molecule has 1 aromatic carbocycles. The highest BCUT2D eigenvalue weighted by Gasteiger charge is 2.10. The minimum atomic E-state index is -0.654. The SMILES string of the molecule is COc1c(C)cc(C(C)O)cc1F. The van der Waals surface area contributed by atoms with Crippen LogP contribution in [0.15, 0.2) is 12.1 Å². The number of aliphatic hydroxyl groups excluding tert-OH is 1. The summed E-state index contributed by atoms with van der Waals surface area (Å²) in [4.78, 5) is 0. The topological polar surface area (TPSA) is 29.5 Å². The van der Waals surface area contributed by atoms with Crippen molar-refractivity contribution in [3.8, 4) is 5.75 Å². The molecule has 0 saturated carbocycles. The van der Waals surface area contributed by atoms with Gasteiger partial charge in [-0.05, 0) is 37.1 Å². The molecule has 1 rings (SSSR count). The van der Waals surface area contributed by atoms with Gasteiger partial charge in [0, 0.05) is 0 Å². The monoisotopic (exact) mass is 184 g/mol. The van der Waals surface area contributed by atoms with Gasteiger partial charge in [-0.1, -0.05) is 0 Å².